The molecule has 2 heteroatoms. The van der Waals surface area contributed by atoms with E-state index in [-0.39, 0.29) is 0 Å². The van der Waals surface area contributed by atoms with Crippen LogP contribution in [-0.4, -0.2) is 11.2 Å². The zero-order valence-electron chi connectivity index (χ0n) is 9.21. The van der Waals surface area contributed by atoms with Gasteiger partial charge in [-0.2, -0.15) is 0 Å². The van der Waals surface area contributed by atoms with E-state index in [2.05, 4.69) is 0 Å². The Morgan fingerprint density at radius 2 is 2.07 bits per heavy atom. The van der Waals surface area contributed by atoms with Crippen LogP contribution in [0.5, 0.6) is 11.5 Å². The number of benzene rings is 1. The molecule has 0 radical (unpaired) electrons. The molecule has 1 saturated carbocycles. The Hall–Kier alpha value is -1.18. The van der Waals surface area contributed by atoms with Gasteiger partial charge in [-0.15, -0.1) is 0 Å². The van der Waals surface area contributed by atoms with E-state index in [1.165, 1.54) is 24.8 Å². The summed E-state index contributed by atoms with van der Waals surface area (Å²) in [6.45, 7) is 3.98. The third-order valence-corrected chi connectivity index (χ3v) is 3.96. The molecule has 0 unspecified atom stereocenters. The zero-order valence-corrected chi connectivity index (χ0v) is 9.21. The first-order chi connectivity index (χ1) is 7.18. The standard InChI is InChI=1S/C13H16O2/c1-7-8(2)13-10(6-11(7)14)9-4-3-5-12(9)15-13/h6,9,12,14H,3-5H2,1-2H3/t9-,12-/m0/s1. The highest BCUT2D eigenvalue weighted by Crippen LogP contribution is 2.50. The molecule has 0 spiro atoms. The van der Waals surface area contributed by atoms with Crippen molar-refractivity contribution in [1.29, 1.82) is 0 Å². The molecule has 1 fully saturated rings. The number of aromatic hydroxyl groups is 1. The van der Waals surface area contributed by atoms with Crippen LogP contribution in [-0.2, 0) is 0 Å². The van der Waals surface area contributed by atoms with Crippen LogP contribution in [0.15, 0.2) is 6.07 Å². The molecule has 3 rings (SSSR count). The van der Waals surface area contributed by atoms with Crippen LogP contribution in [0.1, 0.15) is 41.9 Å². The highest BCUT2D eigenvalue weighted by Gasteiger charge is 2.39. The number of fused-ring (bicyclic) bond motifs is 3. The third kappa shape index (κ3) is 1.11. The summed E-state index contributed by atoms with van der Waals surface area (Å²) in [5, 5.41) is 9.83. The fraction of sp³-hybridized carbons (Fsp3) is 0.538. The molecule has 1 aromatic rings. The lowest BCUT2D eigenvalue weighted by molar-refractivity contribution is 0.224. The minimum absolute atomic E-state index is 0.375. The topological polar surface area (TPSA) is 29.5 Å². The van der Waals surface area contributed by atoms with E-state index in [4.69, 9.17) is 4.74 Å². The number of phenols is 1. The molecular formula is C13H16O2. The van der Waals surface area contributed by atoms with Crippen molar-refractivity contribution in [3.05, 3.63) is 22.8 Å². The van der Waals surface area contributed by atoms with Crippen LogP contribution in [0.25, 0.3) is 0 Å². The summed E-state index contributed by atoms with van der Waals surface area (Å²) < 4.78 is 5.99. The van der Waals surface area contributed by atoms with Gasteiger partial charge in [0.2, 0.25) is 0 Å². The Labute approximate surface area is 89.9 Å². The van der Waals surface area contributed by atoms with Crippen LogP contribution >= 0.6 is 0 Å². The maximum atomic E-state index is 9.83. The number of ether oxygens (including phenoxy) is 1. The molecule has 0 aromatic heterocycles. The quantitative estimate of drug-likeness (QED) is 0.703. The van der Waals surface area contributed by atoms with Crippen molar-refractivity contribution in [1.82, 2.24) is 0 Å². The van der Waals surface area contributed by atoms with Crippen molar-refractivity contribution in [2.75, 3.05) is 0 Å². The zero-order chi connectivity index (χ0) is 10.6. The molecule has 1 aromatic carbocycles. The summed E-state index contributed by atoms with van der Waals surface area (Å²) in [6, 6.07) is 1.91. The highest BCUT2D eigenvalue weighted by molar-refractivity contribution is 5.55. The third-order valence-electron chi connectivity index (χ3n) is 3.96. The summed E-state index contributed by atoms with van der Waals surface area (Å²) in [7, 11) is 0. The van der Waals surface area contributed by atoms with E-state index in [9.17, 15) is 5.11 Å². The van der Waals surface area contributed by atoms with Gasteiger partial charge in [0.25, 0.3) is 0 Å². The number of phenolic OH excluding ortho intramolecular Hbond substituents is 1. The fourth-order valence-corrected chi connectivity index (χ4v) is 2.91. The van der Waals surface area contributed by atoms with E-state index in [1.807, 2.05) is 19.9 Å². The van der Waals surface area contributed by atoms with Crippen LogP contribution < -0.4 is 4.74 Å². The average molecular weight is 204 g/mol. The van der Waals surface area contributed by atoms with Gasteiger partial charge in [-0.25, -0.2) is 0 Å². The molecule has 0 bridgehead atoms. The largest absolute Gasteiger partial charge is 0.508 e. The van der Waals surface area contributed by atoms with Crippen molar-refractivity contribution >= 4 is 0 Å². The van der Waals surface area contributed by atoms with Gasteiger partial charge >= 0.3 is 0 Å². The van der Waals surface area contributed by atoms with Gasteiger partial charge in [0, 0.05) is 11.5 Å². The Bertz CT molecular complexity index is 423. The molecule has 80 valence electrons. The van der Waals surface area contributed by atoms with Gasteiger partial charge in [0.15, 0.2) is 0 Å². The van der Waals surface area contributed by atoms with Gasteiger partial charge < -0.3 is 9.84 Å². The van der Waals surface area contributed by atoms with E-state index in [0.29, 0.717) is 17.8 Å². The van der Waals surface area contributed by atoms with Crippen molar-refractivity contribution < 1.29 is 9.84 Å². The molecule has 1 heterocycles. The van der Waals surface area contributed by atoms with Crippen molar-refractivity contribution in [2.24, 2.45) is 0 Å². The predicted molar refractivity (Wildman–Crippen MR) is 58.6 cm³/mol. The minimum atomic E-state index is 0.375. The normalized spacial score (nSPS) is 27.3. The van der Waals surface area contributed by atoms with Gasteiger partial charge in [-0.05, 0) is 50.3 Å². The van der Waals surface area contributed by atoms with Gasteiger partial charge in [0.1, 0.15) is 17.6 Å². The molecule has 0 amide bonds. The summed E-state index contributed by atoms with van der Waals surface area (Å²) in [6.07, 6.45) is 4.00. The second-order valence-electron chi connectivity index (χ2n) is 4.76. The lowest BCUT2D eigenvalue weighted by atomic mass is 9.94. The van der Waals surface area contributed by atoms with Crippen molar-refractivity contribution in [2.45, 2.75) is 45.1 Å². The maximum Gasteiger partial charge on any atom is 0.126 e. The number of hydrogen-bond donors (Lipinski definition) is 1. The van der Waals surface area contributed by atoms with Crippen LogP contribution in [0.3, 0.4) is 0 Å². The van der Waals surface area contributed by atoms with Gasteiger partial charge in [-0.3, -0.25) is 0 Å². The van der Waals surface area contributed by atoms with Crippen molar-refractivity contribution in [3.8, 4) is 11.5 Å². The summed E-state index contributed by atoms with van der Waals surface area (Å²) >= 11 is 0. The number of rotatable bonds is 0. The summed E-state index contributed by atoms with van der Waals surface area (Å²) in [4.78, 5) is 0. The summed E-state index contributed by atoms with van der Waals surface area (Å²) in [5.74, 6) is 1.99. The molecule has 15 heavy (non-hydrogen) atoms. The second kappa shape index (κ2) is 2.91. The first-order valence-electron chi connectivity index (χ1n) is 5.68. The Morgan fingerprint density at radius 1 is 1.27 bits per heavy atom. The Balaban J connectivity index is 2.18. The predicted octanol–water partition coefficient (Wildman–Crippen LogP) is 3.04. The molecule has 0 saturated heterocycles. The molecular weight excluding hydrogens is 188 g/mol. The smallest absolute Gasteiger partial charge is 0.126 e. The van der Waals surface area contributed by atoms with Crippen LogP contribution in [0, 0.1) is 13.8 Å². The molecule has 1 N–H and O–H groups in total. The lowest BCUT2D eigenvalue weighted by Gasteiger charge is -2.11. The van der Waals surface area contributed by atoms with Crippen molar-refractivity contribution in [3.63, 3.8) is 0 Å². The first kappa shape index (κ1) is 9.08. The second-order valence-corrected chi connectivity index (χ2v) is 4.76. The Morgan fingerprint density at radius 3 is 2.87 bits per heavy atom. The molecule has 1 aliphatic carbocycles. The fourth-order valence-electron chi connectivity index (χ4n) is 2.91. The molecule has 1 aliphatic heterocycles. The maximum absolute atomic E-state index is 9.83. The molecule has 2 nitrogen and oxygen atoms in total. The first-order valence-corrected chi connectivity index (χ1v) is 5.68. The average Bonchev–Trinajstić information content (AvgIpc) is 2.76. The molecule has 2 aliphatic rings. The number of hydrogen-bond acceptors (Lipinski definition) is 2. The summed E-state index contributed by atoms with van der Waals surface area (Å²) in [5.41, 5.74) is 3.30. The van der Waals surface area contributed by atoms with E-state index >= 15 is 0 Å². The lowest BCUT2D eigenvalue weighted by Crippen LogP contribution is -2.11. The minimum Gasteiger partial charge on any atom is -0.508 e. The van der Waals surface area contributed by atoms with Crippen LogP contribution in [0.2, 0.25) is 0 Å². The van der Waals surface area contributed by atoms with E-state index in [1.54, 1.807) is 0 Å². The van der Waals surface area contributed by atoms with E-state index in [0.717, 1.165) is 16.9 Å². The monoisotopic (exact) mass is 204 g/mol. The Kier molecular flexibility index (Phi) is 1.76. The van der Waals surface area contributed by atoms with E-state index < -0.39 is 0 Å². The van der Waals surface area contributed by atoms with Gasteiger partial charge in [-0.1, -0.05) is 0 Å². The SMILES string of the molecule is Cc1c(O)cc2c(c1C)O[C@H]1CCC[C@@H]21. The van der Waals surface area contributed by atoms with Gasteiger partial charge in [0.05, 0.1) is 0 Å². The van der Waals surface area contributed by atoms with Crippen LogP contribution in [0.4, 0.5) is 0 Å². The highest BCUT2D eigenvalue weighted by atomic mass is 16.5. The molecule has 2 atom stereocenters.